The summed E-state index contributed by atoms with van der Waals surface area (Å²) < 4.78 is 7.55. The summed E-state index contributed by atoms with van der Waals surface area (Å²) in [4.78, 5) is 16.0. The Morgan fingerprint density at radius 3 is 2.82 bits per heavy atom. The molecule has 0 aliphatic carbocycles. The van der Waals surface area contributed by atoms with Gasteiger partial charge in [0.25, 0.3) is 0 Å². The van der Waals surface area contributed by atoms with Crippen molar-refractivity contribution in [2.24, 2.45) is 5.92 Å². The minimum Gasteiger partial charge on any atom is -0.361 e. The van der Waals surface area contributed by atoms with Crippen molar-refractivity contribution in [2.75, 3.05) is 13.1 Å². The summed E-state index contributed by atoms with van der Waals surface area (Å²) in [7, 11) is 0. The van der Waals surface area contributed by atoms with E-state index in [2.05, 4.69) is 55.7 Å². The molecule has 4 heterocycles. The molecule has 0 radical (unpaired) electrons. The van der Waals surface area contributed by atoms with Crippen LogP contribution in [0.1, 0.15) is 49.3 Å². The maximum Gasteiger partial charge on any atom is 0.143 e. The largest absolute Gasteiger partial charge is 0.361 e. The molecule has 1 atom stereocenters. The zero-order valence-corrected chi connectivity index (χ0v) is 17.1. The first-order chi connectivity index (χ1) is 13.5. The Hall–Kier alpha value is -2.54. The lowest BCUT2D eigenvalue weighted by atomic mass is 10.0. The van der Waals surface area contributed by atoms with Gasteiger partial charge >= 0.3 is 0 Å². The number of rotatable bonds is 6. The summed E-state index contributed by atoms with van der Waals surface area (Å²) in [5.74, 6) is 2.56. The van der Waals surface area contributed by atoms with Gasteiger partial charge in [-0.25, -0.2) is 15.0 Å². The second-order valence-corrected chi connectivity index (χ2v) is 8.03. The second-order valence-electron chi connectivity index (χ2n) is 8.03. The van der Waals surface area contributed by atoms with Crippen molar-refractivity contribution >= 4 is 0 Å². The summed E-state index contributed by atoms with van der Waals surface area (Å²) in [6.07, 6.45) is 7.79. The molecule has 0 spiro atoms. The standard InChI is InChI=1S/C21H28N6O/c1-14(2)27-8-6-22-20(27)12-26-7-5-17(11-26)9-18-10-19(24-13-23-18)21-15(3)25-28-16(21)4/h6,8,10,13-14,17H,5,7,9,11-12H2,1-4H3/t17-/m0/s1. The normalized spacial score (nSPS) is 17.7. The Balaban J connectivity index is 1.41. The topological polar surface area (TPSA) is 72.9 Å². The smallest absolute Gasteiger partial charge is 0.143 e. The number of likely N-dealkylation sites (tertiary alicyclic amines) is 1. The third-order valence-electron chi connectivity index (χ3n) is 5.55. The van der Waals surface area contributed by atoms with Gasteiger partial charge in [-0.05, 0) is 59.1 Å². The van der Waals surface area contributed by atoms with Crippen molar-refractivity contribution in [1.29, 1.82) is 0 Å². The van der Waals surface area contributed by atoms with E-state index in [9.17, 15) is 0 Å². The zero-order valence-electron chi connectivity index (χ0n) is 17.1. The molecule has 1 saturated heterocycles. The van der Waals surface area contributed by atoms with E-state index in [1.807, 2.05) is 20.0 Å². The highest BCUT2D eigenvalue weighted by atomic mass is 16.5. The maximum absolute atomic E-state index is 5.29. The molecule has 0 amide bonds. The highest BCUT2D eigenvalue weighted by molar-refractivity contribution is 5.63. The minimum atomic E-state index is 0.444. The molecular formula is C21H28N6O. The lowest BCUT2D eigenvalue weighted by Gasteiger charge is -2.18. The highest BCUT2D eigenvalue weighted by Gasteiger charge is 2.25. The van der Waals surface area contributed by atoms with E-state index in [4.69, 9.17) is 4.52 Å². The summed E-state index contributed by atoms with van der Waals surface area (Å²) in [6, 6.07) is 2.53. The van der Waals surface area contributed by atoms with E-state index >= 15 is 0 Å². The molecule has 0 saturated carbocycles. The van der Waals surface area contributed by atoms with Crippen LogP contribution in [0.25, 0.3) is 11.3 Å². The molecule has 1 fully saturated rings. The van der Waals surface area contributed by atoms with Crippen LogP contribution in [-0.4, -0.2) is 42.7 Å². The molecular weight excluding hydrogens is 352 g/mol. The van der Waals surface area contributed by atoms with Gasteiger partial charge in [0.2, 0.25) is 0 Å². The van der Waals surface area contributed by atoms with E-state index in [1.165, 1.54) is 6.42 Å². The molecule has 148 valence electrons. The summed E-state index contributed by atoms with van der Waals surface area (Å²) in [6.45, 7) is 11.4. The Morgan fingerprint density at radius 1 is 1.21 bits per heavy atom. The van der Waals surface area contributed by atoms with E-state index in [0.717, 1.165) is 60.3 Å². The van der Waals surface area contributed by atoms with E-state index in [0.29, 0.717) is 12.0 Å². The van der Waals surface area contributed by atoms with Gasteiger partial charge in [-0.2, -0.15) is 0 Å². The van der Waals surface area contributed by atoms with Gasteiger partial charge in [0.1, 0.15) is 17.9 Å². The quantitative estimate of drug-likeness (QED) is 0.651. The van der Waals surface area contributed by atoms with Crippen LogP contribution in [0, 0.1) is 19.8 Å². The lowest BCUT2D eigenvalue weighted by molar-refractivity contribution is 0.300. The number of hydrogen-bond acceptors (Lipinski definition) is 6. The molecule has 28 heavy (non-hydrogen) atoms. The van der Waals surface area contributed by atoms with Gasteiger partial charge in [-0.15, -0.1) is 0 Å². The van der Waals surface area contributed by atoms with Crippen LogP contribution in [0.2, 0.25) is 0 Å². The van der Waals surface area contributed by atoms with Crippen LogP contribution in [0.5, 0.6) is 0 Å². The third-order valence-corrected chi connectivity index (χ3v) is 5.55. The SMILES string of the molecule is Cc1noc(C)c1-c1cc(C[C@@H]2CCN(Cc3nccn3C(C)C)C2)ncn1. The molecule has 0 aromatic carbocycles. The fraction of sp³-hybridized carbons (Fsp3) is 0.524. The third kappa shape index (κ3) is 3.85. The van der Waals surface area contributed by atoms with Gasteiger partial charge in [-0.3, -0.25) is 4.90 Å². The lowest BCUT2D eigenvalue weighted by Crippen LogP contribution is -2.23. The molecule has 4 rings (SSSR count). The van der Waals surface area contributed by atoms with Gasteiger partial charge in [0.05, 0.1) is 23.5 Å². The number of imidazole rings is 1. The van der Waals surface area contributed by atoms with Crippen molar-refractivity contribution in [1.82, 2.24) is 29.6 Å². The molecule has 7 nitrogen and oxygen atoms in total. The first-order valence-corrected chi connectivity index (χ1v) is 9.99. The van der Waals surface area contributed by atoms with Gasteiger partial charge in [0, 0.05) is 30.7 Å². The van der Waals surface area contributed by atoms with Gasteiger partial charge < -0.3 is 9.09 Å². The van der Waals surface area contributed by atoms with Crippen molar-refractivity contribution in [3.63, 3.8) is 0 Å². The Labute approximate surface area is 165 Å². The molecule has 0 unspecified atom stereocenters. The monoisotopic (exact) mass is 380 g/mol. The van der Waals surface area contributed by atoms with Crippen LogP contribution in [0.3, 0.4) is 0 Å². The van der Waals surface area contributed by atoms with E-state index in [-0.39, 0.29) is 0 Å². The summed E-state index contributed by atoms with van der Waals surface area (Å²) in [5.41, 5.74) is 3.84. The number of aryl methyl sites for hydroxylation is 2. The molecule has 0 N–H and O–H groups in total. The predicted octanol–water partition coefficient (Wildman–Crippen LogP) is 3.59. The Bertz CT molecular complexity index is 925. The van der Waals surface area contributed by atoms with E-state index < -0.39 is 0 Å². The van der Waals surface area contributed by atoms with Crippen LogP contribution in [-0.2, 0) is 13.0 Å². The van der Waals surface area contributed by atoms with Crippen LogP contribution in [0.4, 0.5) is 0 Å². The number of aromatic nitrogens is 5. The highest BCUT2D eigenvalue weighted by Crippen LogP contribution is 2.27. The first-order valence-electron chi connectivity index (χ1n) is 9.99. The zero-order chi connectivity index (χ0) is 19.7. The van der Waals surface area contributed by atoms with Crippen molar-refractivity contribution in [3.05, 3.63) is 47.8 Å². The number of hydrogen-bond donors (Lipinski definition) is 0. The number of nitrogens with zero attached hydrogens (tertiary/aromatic N) is 6. The van der Waals surface area contributed by atoms with Crippen LogP contribution in [0.15, 0.2) is 29.3 Å². The summed E-state index contributed by atoms with van der Waals surface area (Å²) in [5, 5.41) is 4.04. The predicted molar refractivity (Wildman–Crippen MR) is 107 cm³/mol. The molecule has 0 bridgehead atoms. The molecule has 7 heteroatoms. The fourth-order valence-corrected chi connectivity index (χ4v) is 4.15. The average Bonchev–Trinajstić information content (AvgIpc) is 3.37. The van der Waals surface area contributed by atoms with Crippen LogP contribution >= 0.6 is 0 Å². The van der Waals surface area contributed by atoms with E-state index in [1.54, 1.807) is 6.33 Å². The minimum absolute atomic E-state index is 0.444. The molecule has 1 aliphatic heterocycles. The fourth-order valence-electron chi connectivity index (χ4n) is 4.15. The second kappa shape index (κ2) is 7.83. The van der Waals surface area contributed by atoms with Crippen molar-refractivity contribution in [2.45, 2.75) is 53.1 Å². The first kappa shape index (κ1) is 18.8. The molecule has 3 aromatic heterocycles. The molecule has 3 aromatic rings. The Kier molecular flexibility index (Phi) is 5.26. The van der Waals surface area contributed by atoms with Crippen molar-refractivity contribution < 1.29 is 4.52 Å². The molecule has 1 aliphatic rings. The van der Waals surface area contributed by atoms with Crippen LogP contribution < -0.4 is 0 Å². The van der Waals surface area contributed by atoms with Crippen molar-refractivity contribution in [3.8, 4) is 11.3 Å². The summed E-state index contributed by atoms with van der Waals surface area (Å²) >= 11 is 0. The average molecular weight is 380 g/mol. The van der Waals surface area contributed by atoms with Gasteiger partial charge in [-0.1, -0.05) is 5.16 Å². The maximum atomic E-state index is 5.29. The van der Waals surface area contributed by atoms with Gasteiger partial charge in [0.15, 0.2) is 0 Å². The Morgan fingerprint density at radius 2 is 2.07 bits per heavy atom.